The molecule has 0 spiro atoms. The molecular formula is C13H19IN2O2. The molecule has 18 heavy (non-hydrogen) atoms. The molecule has 0 unspecified atom stereocenters. The van der Waals surface area contributed by atoms with Gasteiger partial charge in [0.1, 0.15) is 5.60 Å². The second-order valence-corrected chi connectivity index (χ2v) is 6.11. The summed E-state index contributed by atoms with van der Waals surface area (Å²) in [6, 6.07) is 8.07. The van der Waals surface area contributed by atoms with Crippen LogP contribution in [0.4, 0.5) is 10.5 Å². The number of halogens is 1. The first-order valence-corrected chi connectivity index (χ1v) is 6.91. The monoisotopic (exact) mass is 362 g/mol. The van der Waals surface area contributed by atoms with E-state index in [1.54, 1.807) is 0 Å². The van der Waals surface area contributed by atoms with Crippen molar-refractivity contribution in [3.63, 3.8) is 0 Å². The van der Waals surface area contributed by atoms with Crippen LogP contribution in [0.1, 0.15) is 20.8 Å². The van der Waals surface area contributed by atoms with Crippen molar-refractivity contribution in [1.29, 1.82) is 0 Å². The smallest absolute Gasteiger partial charge is 0.407 e. The van der Waals surface area contributed by atoms with Crippen molar-refractivity contribution in [2.75, 3.05) is 18.4 Å². The largest absolute Gasteiger partial charge is 0.444 e. The number of ether oxygens (including phenoxy) is 1. The van der Waals surface area contributed by atoms with Crippen LogP contribution in [0, 0.1) is 3.57 Å². The zero-order valence-corrected chi connectivity index (χ0v) is 13.1. The van der Waals surface area contributed by atoms with Crippen molar-refractivity contribution in [1.82, 2.24) is 5.32 Å². The van der Waals surface area contributed by atoms with Crippen LogP contribution >= 0.6 is 22.6 Å². The standard InChI is InChI=1S/C13H19IN2O2/c1-13(2,3)18-12(17)16-8-7-15-11-6-4-5-10(14)9-11/h4-6,9,15H,7-8H2,1-3H3,(H,16,17). The Morgan fingerprint density at radius 3 is 2.67 bits per heavy atom. The van der Waals surface area contributed by atoms with Gasteiger partial charge in [-0.1, -0.05) is 6.07 Å². The first kappa shape index (κ1) is 15.1. The van der Waals surface area contributed by atoms with Crippen molar-refractivity contribution >= 4 is 34.4 Å². The molecule has 0 radical (unpaired) electrons. The highest BCUT2D eigenvalue weighted by Crippen LogP contribution is 2.11. The Kier molecular flexibility index (Phi) is 5.71. The fraction of sp³-hybridized carbons (Fsp3) is 0.462. The lowest BCUT2D eigenvalue weighted by Crippen LogP contribution is -2.34. The van der Waals surface area contributed by atoms with Gasteiger partial charge in [-0.2, -0.15) is 0 Å². The zero-order valence-electron chi connectivity index (χ0n) is 10.9. The second kappa shape index (κ2) is 6.82. The minimum absolute atomic E-state index is 0.382. The van der Waals surface area contributed by atoms with E-state index in [4.69, 9.17) is 4.74 Å². The number of hydrogen-bond donors (Lipinski definition) is 2. The number of alkyl carbamates (subject to hydrolysis) is 1. The normalized spacial score (nSPS) is 10.9. The van der Waals surface area contributed by atoms with E-state index in [0.717, 1.165) is 5.69 Å². The van der Waals surface area contributed by atoms with Gasteiger partial charge < -0.3 is 15.4 Å². The third-order valence-corrected chi connectivity index (χ3v) is 2.62. The highest BCUT2D eigenvalue weighted by molar-refractivity contribution is 14.1. The molecule has 0 bridgehead atoms. The lowest BCUT2D eigenvalue weighted by atomic mass is 10.2. The van der Waals surface area contributed by atoms with Gasteiger partial charge in [0.25, 0.3) is 0 Å². The molecule has 0 saturated carbocycles. The summed E-state index contributed by atoms with van der Waals surface area (Å²) in [5.74, 6) is 0. The summed E-state index contributed by atoms with van der Waals surface area (Å²) >= 11 is 2.26. The number of hydrogen-bond acceptors (Lipinski definition) is 3. The molecule has 4 nitrogen and oxygen atoms in total. The molecule has 0 fully saturated rings. The highest BCUT2D eigenvalue weighted by atomic mass is 127. The van der Waals surface area contributed by atoms with Crippen LogP contribution in [0.2, 0.25) is 0 Å². The Bertz CT molecular complexity index is 402. The van der Waals surface area contributed by atoms with E-state index in [2.05, 4.69) is 33.2 Å². The van der Waals surface area contributed by atoms with E-state index in [9.17, 15) is 4.79 Å². The van der Waals surface area contributed by atoms with Crippen LogP contribution in [0.25, 0.3) is 0 Å². The lowest BCUT2D eigenvalue weighted by molar-refractivity contribution is 0.0530. The lowest BCUT2D eigenvalue weighted by Gasteiger charge is -2.19. The van der Waals surface area contributed by atoms with Crippen LogP contribution in [0.5, 0.6) is 0 Å². The summed E-state index contributed by atoms with van der Waals surface area (Å²) in [6.07, 6.45) is -0.382. The zero-order chi connectivity index (χ0) is 13.6. The van der Waals surface area contributed by atoms with Gasteiger partial charge in [0, 0.05) is 22.3 Å². The number of amides is 1. The Morgan fingerprint density at radius 2 is 2.06 bits per heavy atom. The first-order valence-electron chi connectivity index (χ1n) is 5.83. The van der Waals surface area contributed by atoms with E-state index in [-0.39, 0.29) is 6.09 Å². The van der Waals surface area contributed by atoms with E-state index >= 15 is 0 Å². The van der Waals surface area contributed by atoms with Crippen molar-refractivity contribution in [3.8, 4) is 0 Å². The molecule has 5 heteroatoms. The van der Waals surface area contributed by atoms with Gasteiger partial charge in [0.15, 0.2) is 0 Å². The average molecular weight is 362 g/mol. The first-order chi connectivity index (χ1) is 8.37. The molecule has 0 aliphatic heterocycles. The van der Waals surface area contributed by atoms with Crippen molar-refractivity contribution in [2.45, 2.75) is 26.4 Å². The van der Waals surface area contributed by atoms with Crippen molar-refractivity contribution in [2.24, 2.45) is 0 Å². The number of anilines is 1. The van der Waals surface area contributed by atoms with Crippen LogP contribution < -0.4 is 10.6 Å². The maximum atomic E-state index is 11.4. The minimum atomic E-state index is -0.451. The Labute approximate surface area is 122 Å². The Balaban J connectivity index is 2.21. The quantitative estimate of drug-likeness (QED) is 0.639. The summed E-state index contributed by atoms with van der Waals surface area (Å²) in [5, 5.41) is 5.93. The van der Waals surface area contributed by atoms with Crippen LogP contribution in [-0.2, 0) is 4.74 Å². The molecule has 1 amide bonds. The number of carbonyl (C=O) groups is 1. The number of benzene rings is 1. The number of carbonyl (C=O) groups excluding carboxylic acids is 1. The average Bonchev–Trinajstić information content (AvgIpc) is 2.22. The Morgan fingerprint density at radius 1 is 1.33 bits per heavy atom. The van der Waals surface area contributed by atoms with Gasteiger partial charge in [-0.05, 0) is 61.6 Å². The van der Waals surface area contributed by atoms with Gasteiger partial charge >= 0.3 is 6.09 Å². The molecular weight excluding hydrogens is 343 g/mol. The molecule has 0 heterocycles. The third kappa shape index (κ3) is 6.68. The van der Waals surface area contributed by atoms with E-state index in [0.29, 0.717) is 13.1 Å². The topological polar surface area (TPSA) is 50.4 Å². The fourth-order valence-corrected chi connectivity index (χ4v) is 1.83. The fourth-order valence-electron chi connectivity index (χ4n) is 1.28. The summed E-state index contributed by atoms with van der Waals surface area (Å²) in [6.45, 7) is 6.73. The summed E-state index contributed by atoms with van der Waals surface area (Å²) in [4.78, 5) is 11.4. The molecule has 1 aromatic rings. The SMILES string of the molecule is CC(C)(C)OC(=O)NCCNc1cccc(I)c1. The Hall–Kier alpha value is -0.980. The molecule has 1 rings (SSSR count). The van der Waals surface area contributed by atoms with Gasteiger partial charge in [-0.25, -0.2) is 4.79 Å². The predicted molar refractivity (Wildman–Crippen MR) is 81.9 cm³/mol. The van der Waals surface area contributed by atoms with Gasteiger partial charge in [0.05, 0.1) is 0 Å². The molecule has 1 aromatic carbocycles. The molecule has 100 valence electrons. The molecule has 2 N–H and O–H groups in total. The molecule has 0 saturated heterocycles. The van der Waals surface area contributed by atoms with Gasteiger partial charge in [0.2, 0.25) is 0 Å². The summed E-state index contributed by atoms with van der Waals surface area (Å²) in [5.41, 5.74) is 0.598. The van der Waals surface area contributed by atoms with Gasteiger partial charge in [-0.15, -0.1) is 0 Å². The highest BCUT2D eigenvalue weighted by Gasteiger charge is 2.15. The van der Waals surface area contributed by atoms with Crippen LogP contribution in [0.15, 0.2) is 24.3 Å². The second-order valence-electron chi connectivity index (χ2n) is 4.87. The van der Waals surface area contributed by atoms with Crippen LogP contribution in [-0.4, -0.2) is 24.8 Å². The summed E-state index contributed by atoms with van der Waals surface area (Å²) in [7, 11) is 0. The number of nitrogens with one attached hydrogen (secondary N) is 2. The predicted octanol–water partition coefficient (Wildman–Crippen LogP) is 3.23. The third-order valence-electron chi connectivity index (χ3n) is 1.95. The number of rotatable bonds is 4. The molecule has 0 aromatic heterocycles. The summed E-state index contributed by atoms with van der Waals surface area (Å²) < 4.78 is 6.31. The van der Waals surface area contributed by atoms with Crippen molar-refractivity contribution < 1.29 is 9.53 Å². The van der Waals surface area contributed by atoms with Crippen LogP contribution in [0.3, 0.4) is 0 Å². The molecule has 0 aliphatic rings. The maximum absolute atomic E-state index is 11.4. The molecule has 0 aliphatic carbocycles. The molecule has 0 atom stereocenters. The minimum Gasteiger partial charge on any atom is -0.444 e. The van der Waals surface area contributed by atoms with Crippen molar-refractivity contribution in [3.05, 3.63) is 27.8 Å². The van der Waals surface area contributed by atoms with Gasteiger partial charge in [-0.3, -0.25) is 0 Å². The van der Waals surface area contributed by atoms with E-state index in [1.165, 1.54) is 3.57 Å². The van der Waals surface area contributed by atoms with E-state index in [1.807, 2.05) is 45.0 Å². The van der Waals surface area contributed by atoms with E-state index < -0.39 is 5.60 Å². The maximum Gasteiger partial charge on any atom is 0.407 e.